The molecule has 0 aliphatic heterocycles. The Kier molecular flexibility index (Phi) is 2.21. The number of para-hydroxylation sites is 1. The van der Waals surface area contributed by atoms with Gasteiger partial charge in [0.05, 0.1) is 5.56 Å². The standard InChI is InChI=1S/C10H7FN2O2/c11-9-5-6-13(12-9)10(15)7-3-1-2-4-8(7)14/h1-6,14H. The van der Waals surface area contributed by atoms with Gasteiger partial charge in [-0.1, -0.05) is 12.1 Å². The SMILES string of the molecule is O=C(c1ccccc1O)n1ccc(F)n1. The summed E-state index contributed by atoms with van der Waals surface area (Å²) in [6, 6.07) is 7.09. The second-order valence-electron chi connectivity index (χ2n) is 2.91. The first-order valence-corrected chi connectivity index (χ1v) is 4.22. The highest BCUT2D eigenvalue weighted by atomic mass is 19.1. The van der Waals surface area contributed by atoms with Crippen LogP contribution in [0.4, 0.5) is 4.39 Å². The van der Waals surface area contributed by atoms with Gasteiger partial charge in [0.15, 0.2) is 0 Å². The molecule has 1 aromatic heterocycles. The van der Waals surface area contributed by atoms with Crippen molar-refractivity contribution >= 4 is 5.91 Å². The van der Waals surface area contributed by atoms with Crippen molar-refractivity contribution < 1.29 is 14.3 Å². The van der Waals surface area contributed by atoms with Crippen molar-refractivity contribution in [2.75, 3.05) is 0 Å². The van der Waals surface area contributed by atoms with Crippen molar-refractivity contribution in [2.45, 2.75) is 0 Å². The lowest BCUT2D eigenvalue weighted by Crippen LogP contribution is -2.12. The zero-order valence-corrected chi connectivity index (χ0v) is 7.59. The molecule has 0 aliphatic carbocycles. The number of carbonyl (C=O) groups excluding carboxylic acids is 1. The van der Waals surface area contributed by atoms with Gasteiger partial charge in [0.2, 0.25) is 5.95 Å². The Morgan fingerprint density at radius 1 is 1.33 bits per heavy atom. The van der Waals surface area contributed by atoms with E-state index in [4.69, 9.17) is 0 Å². The number of rotatable bonds is 1. The minimum absolute atomic E-state index is 0.0839. The number of phenols is 1. The Bertz CT molecular complexity index is 508. The number of aromatic hydroxyl groups is 1. The summed E-state index contributed by atoms with van der Waals surface area (Å²) in [6.07, 6.45) is 1.20. The molecule has 0 saturated heterocycles. The van der Waals surface area contributed by atoms with E-state index in [1.807, 2.05) is 0 Å². The number of hydrogen-bond acceptors (Lipinski definition) is 3. The first-order chi connectivity index (χ1) is 7.18. The van der Waals surface area contributed by atoms with E-state index in [-0.39, 0.29) is 11.3 Å². The smallest absolute Gasteiger partial charge is 0.281 e. The van der Waals surface area contributed by atoms with E-state index in [9.17, 15) is 14.3 Å². The third-order valence-corrected chi connectivity index (χ3v) is 1.90. The second kappa shape index (κ2) is 3.53. The van der Waals surface area contributed by atoms with Crippen molar-refractivity contribution in [3.8, 4) is 5.75 Å². The zero-order chi connectivity index (χ0) is 10.8. The lowest BCUT2D eigenvalue weighted by molar-refractivity contribution is 0.0940. The first-order valence-electron chi connectivity index (χ1n) is 4.22. The van der Waals surface area contributed by atoms with Crippen LogP contribution in [0.5, 0.6) is 5.75 Å². The van der Waals surface area contributed by atoms with Crippen LogP contribution in [0, 0.1) is 5.95 Å². The van der Waals surface area contributed by atoms with Gasteiger partial charge in [0, 0.05) is 12.3 Å². The Balaban J connectivity index is 2.41. The number of nitrogens with zero attached hydrogens (tertiary/aromatic N) is 2. The minimum atomic E-state index is -0.737. The Hall–Kier alpha value is -2.17. The van der Waals surface area contributed by atoms with E-state index in [0.717, 1.165) is 10.7 Å². The molecule has 2 aromatic rings. The van der Waals surface area contributed by atoms with E-state index >= 15 is 0 Å². The Labute approximate surface area is 84.6 Å². The largest absolute Gasteiger partial charge is 0.507 e. The maximum absolute atomic E-state index is 12.6. The summed E-state index contributed by atoms with van der Waals surface area (Å²) >= 11 is 0. The summed E-state index contributed by atoms with van der Waals surface area (Å²) in [7, 11) is 0. The molecule has 0 aliphatic rings. The molecule has 1 N–H and O–H groups in total. The van der Waals surface area contributed by atoms with Crippen molar-refractivity contribution in [1.82, 2.24) is 9.78 Å². The van der Waals surface area contributed by atoms with Crippen LogP contribution in [-0.2, 0) is 0 Å². The summed E-state index contributed by atoms with van der Waals surface area (Å²) in [4.78, 5) is 11.7. The highest BCUT2D eigenvalue weighted by molar-refractivity contribution is 5.97. The van der Waals surface area contributed by atoms with Crippen LogP contribution in [0.2, 0.25) is 0 Å². The predicted octanol–water partition coefficient (Wildman–Crippen LogP) is 1.42. The van der Waals surface area contributed by atoms with Crippen LogP contribution < -0.4 is 0 Å². The lowest BCUT2D eigenvalue weighted by atomic mass is 10.2. The molecule has 5 heteroatoms. The van der Waals surface area contributed by atoms with Crippen LogP contribution in [0.3, 0.4) is 0 Å². The molecule has 0 unspecified atom stereocenters. The van der Waals surface area contributed by atoms with Gasteiger partial charge in [0.25, 0.3) is 5.91 Å². The van der Waals surface area contributed by atoms with E-state index in [1.54, 1.807) is 12.1 Å². The van der Waals surface area contributed by atoms with Crippen molar-refractivity contribution in [2.24, 2.45) is 0 Å². The van der Waals surface area contributed by atoms with E-state index in [1.165, 1.54) is 18.3 Å². The summed E-state index contributed by atoms with van der Waals surface area (Å²) in [6.45, 7) is 0. The molecule has 0 radical (unpaired) electrons. The molecule has 0 atom stereocenters. The Morgan fingerprint density at radius 3 is 2.67 bits per heavy atom. The van der Waals surface area contributed by atoms with Crippen LogP contribution >= 0.6 is 0 Å². The maximum Gasteiger partial charge on any atom is 0.281 e. The van der Waals surface area contributed by atoms with Crippen LogP contribution in [-0.4, -0.2) is 20.8 Å². The fourth-order valence-electron chi connectivity index (χ4n) is 1.19. The topological polar surface area (TPSA) is 55.1 Å². The number of carbonyl (C=O) groups is 1. The van der Waals surface area contributed by atoms with Gasteiger partial charge >= 0.3 is 0 Å². The molecule has 0 amide bonds. The maximum atomic E-state index is 12.6. The number of aromatic nitrogens is 2. The average molecular weight is 206 g/mol. The molecular formula is C10H7FN2O2. The minimum Gasteiger partial charge on any atom is -0.507 e. The first kappa shape index (κ1) is 9.39. The molecule has 1 heterocycles. The van der Waals surface area contributed by atoms with E-state index in [0.29, 0.717) is 0 Å². The average Bonchev–Trinajstić information content (AvgIpc) is 2.65. The van der Waals surface area contributed by atoms with Gasteiger partial charge < -0.3 is 5.11 Å². The van der Waals surface area contributed by atoms with Crippen LogP contribution in [0.25, 0.3) is 0 Å². The third kappa shape index (κ3) is 1.71. The molecule has 1 aromatic carbocycles. The van der Waals surface area contributed by atoms with E-state index in [2.05, 4.69) is 5.10 Å². The predicted molar refractivity (Wildman–Crippen MR) is 50.0 cm³/mol. The van der Waals surface area contributed by atoms with Gasteiger partial charge in [-0.15, -0.1) is 5.10 Å². The third-order valence-electron chi connectivity index (χ3n) is 1.90. The monoisotopic (exact) mass is 206 g/mol. The molecule has 0 saturated carbocycles. The summed E-state index contributed by atoms with van der Waals surface area (Å²) < 4.78 is 13.4. The lowest BCUT2D eigenvalue weighted by Gasteiger charge is -2.01. The van der Waals surface area contributed by atoms with Crippen LogP contribution in [0.1, 0.15) is 10.4 Å². The molecular weight excluding hydrogens is 199 g/mol. The Morgan fingerprint density at radius 2 is 2.07 bits per heavy atom. The van der Waals surface area contributed by atoms with Gasteiger partial charge in [-0.3, -0.25) is 4.79 Å². The molecule has 0 spiro atoms. The summed E-state index contributed by atoms with van der Waals surface area (Å²) in [5, 5.41) is 12.7. The highest BCUT2D eigenvalue weighted by Crippen LogP contribution is 2.16. The zero-order valence-electron chi connectivity index (χ0n) is 7.59. The molecule has 4 nitrogen and oxygen atoms in total. The number of hydrogen-bond donors (Lipinski definition) is 1. The van der Waals surface area contributed by atoms with Crippen molar-refractivity contribution in [3.05, 3.63) is 48.0 Å². The molecule has 2 rings (SSSR count). The van der Waals surface area contributed by atoms with Crippen LogP contribution in [0.15, 0.2) is 36.5 Å². The quantitative estimate of drug-likeness (QED) is 0.767. The molecule has 76 valence electrons. The normalized spacial score (nSPS) is 10.2. The number of phenolic OH excluding ortho intramolecular Hbond substituents is 1. The number of halogens is 1. The van der Waals surface area contributed by atoms with Crippen molar-refractivity contribution in [3.63, 3.8) is 0 Å². The number of benzene rings is 1. The highest BCUT2D eigenvalue weighted by Gasteiger charge is 2.13. The fourth-order valence-corrected chi connectivity index (χ4v) is 1.19. The molecule has 15 heavy (non-hydrogen) atoms. The van der Waals surface area contributed by atoms with Gasteiger partial charge in [-0.2, -0.15) is 4.39 Å². The summed E-state index contributed by atoms with van der Waals surface area (Å²) in [5.41, 5.74) is 0.0839. The second-order valence-corrected chi connectivity index (χ2v) is 2.91. The van der Waals surface area contributed by atoms with E-state index < -0.39 is 11.9 Å². The molecule has 0 bridgehead atoms. The van der Waals surface area contributed by atoms with Gasteiger partial charge in [-0.05, 0) is 12.1 Å². The summed E-state index contributed by atoms with van der Waals surface area (Å²) in [5.74, 6) is -1.46. The van der Waals surface area contributed by atoms with Crippen molar-refractivity contribution in [1.29, 1.82) is 0 Å². The fraction of sp³-hybridized carbons (Fsp3) is 0. The molecule has 0 fully saturated rings. The van der Waals surface area contributed by atoms with Gasteiger partial charge in [-0.25, -0.2) is 4.68 Å². The van der Waals surface area contributed by atoms with Gasteiger partial charge in [0.1, 0.15) is 5.75 Å².